The molecule has 2 aliphatic heterocycles. The molecule has 1 aromatic heterocycles. The second kappa shape index (κ2) is 8.60. The summed E-state index contributed by atoms with van der Waals surface area (Å²) in [6, 6.07) is 6.63. The Bertz CT molecular complexity index is 895. The second-order valence-electron chi connectivity index (χ2n) is 8.23. The standard InChI is InChI=1S/C23H31N5O2/c1-5-20-16(3)23(26-22-14-24-15(2)13-25-22)19-12-18(27-8-10-30-11-9-27)6-7-21(19)28(20)17(4)29/h6-7,12-14,16,20,23H,5,8-11H2,1-4H3,(H,25,26)/t16-,20-,23+/m0/s1. The highest BCUT2D eigenvalue weighted by atomic mass is 16.5. The van der Waals surface area contributed by atoms with E-state index in [1.54, 1.807) is 19.3 Å². The average molecular weight is 410 g/mol. The molecule has 0 bridgehead atoms. The lowest BCUT2D eigenvalue weighted by Gasteiger charge is -2.45. The Morgan fingerprint density at radius 1 is 1.23 bits per heavy atom. The van der Waals surface area contributed by atoms with Crippen molar-refractivity contribution in [1.29, 1.82) is 0 Å². The van der Waals surface area contributed by atoms with E-state index in [4.69, 9.17) is 4.74 Å². The number of carbonyl (C=O) groups excluding carboxylic acids is 1. The number of morpholine rings is 1. The number of aryl methyl sites for hydroxylation is 1. The highest BCUT2D eigenvalue weighted by Crippen LogP contribution is 2.44. The highest BCUT2D eigenvalue weighted by Gasteiger charge is 2.40. The van der Waals surface area contributed by atoms with Crippen LogP contribution >= 0.6 is 0 Å². The van der Waals surface area contributed by atoms with Crippen LogP contribution in [0.15, 0.2) is 30.6 Å². The number of rotatable bonds is 4. The third kappa shape index (κ3) is 3.86. The topological polar surface area (TPSA) is 70.6 Å². The predicted molar refractivity (Wildman–Crippen MR) is 119 cm³/mol. The van der Waals surface area contributed by atoms with Gasteiger partial charge in [-0.1, -0.05) is 13.8 Å². The number of nitrogens with one attached hydrogen (secondary N) is 1. The molecule has 2 aromatic rings. The molecule has 0 aliphatic carbocycles. The number of fused-ring (bicyclic) bond motifs is 1. The molecule has 0 radical (unpaired) electrons. The van der Waals surface area contributed by atoms with E-state index in [-0.39, 0.29) is 23.9 Å². The van der Waals surface area contributed by atoms with Crippen LogP contribution in [-0.2, 0) is 9.53 Å². The molecule has 4 rings (SSSR count). The first-order chi connectivity index (χ1) is 14.5. The molecule has 1 fully saturated rings. The van der Waals surface area contributed by atoms with Crippen LogP contribution < -0.4 is 15.1 Å². The minimum atomic E-state index is 0.0403. The first-order valence-corrected chi connectivity index (χ1v) is 10.8. The SMILES string of the molecule is CC[C@H]1[C@H](C)[C@@H](Nc2cnc(C)cn2)c2cc(N3CCOCC3)ccc2N1C(C)=O. The Morgan fingerprint density at radius 2 is 2.00 bits per heavy atom. The van der Waals surface area contributed by atoms with Crippen molar-refractivity contribution in [2.24, 2.45) is 5.92 Å². The maximum Gasteiger partial charge on any atom is 0.224 e. The Kier molecular flexibility index (Phi) is 5.90. The third-order valence-corrected chi connectivity index (χ3v) is 6.29. The number of hydrogen-bond donors (Lipinski definition) is 1. The van der Waals surface area contributed by atoms with Crippen molar-refractivity contribution in [3.8, 4) is 0 Å². The van der Waals surface area contributed by atoms with Crippen molar-refractivity contribution >= 4 is 23.1 Å². The van der Waals surface area contributed by atoms with Gasteiger partial charge in [-0.15, -0.1) is 0 Å². The molecule has 7 nitrogen and oxygen atoms in total. The Morgan fingerprint density at radius 3 is 2.63 bits per heavy atom. The van der Waals surface area contributed by atoms with Gasteiger partial charge in [-0.3, -0.25) is 9.78 Å². The molecule has 0 saturated carbocycles. The number of carbonyl (C=O) groups is 1. The number of hydrogen-bond acceptors (Lipinski definition) is 6. The number of anilines is 3. The zero-order chi connectivity index (χ0) is 21.3. The molecule has 0 spiro atoms. The smallest absolute Gasteiger partial charge is 0.224 e. The summed E-state index contributed by atoms with van der Waals surface area (Å²) in [5, 5.41) is 3.61. The molecule has 0 unspecified atom stereocenters. The lowest BCUT2D eigenvalue weighted by Crippen LogP contribution is -2.49. The van der Waals surface area contributed by atoms with Gasteiger partial charge in [0.05, 0.1) is 37.3 Å². The fourth-order valence-corrected chi connectivity index (χ4v) is 4.74. The van der Waals surface area contributed by atoms with Crippen molar-refractivity contribution in [2.45, 2.75) is 46.2 Å². The maximum absolute atomic E-state index is 12.6. The van der Waals surface area contributed by atoms with E-state index in [1.165, 1.54) is 5.69 Å². The lowest BCUT2D eigenvalue weighted by molar-refractivity contribution is -0.117. The Labute approximate surface area is 178 Å². The minimum absolute atomic E-state index is 0.0403. The summed E-state index contributed by atoms with van der Waals surface area (Å²) in [5.74, 6) is 1.06. The summed E-state index contributed by atoms with van der Waals surface area (Å²) < 4.78 is 5.52. The average Bonchev–Trinajstić information content (AvgIpc) is 2.76. The molecule has 1 N–H and O–H groups in total. The molecule has 160 valence electrons. The molecular weight excluding hydrogens is 378 g/mol. The van der Waals surface area contributed by atoms with Crippen LogP contribution in [0, 0.1) is 12.8 Å². The third-order valence-electron chi connectivity index (χ3n) is 6.29. The number of aromatic nitrogens is 2. The van der Waals surface area contributed by atoms with E-state index in [2.05, 4.69) is 52.2 Å². The number of nitrogens with zero attached hydrogens (tertiary/aromatic N) is 4. The van der Waals surface area contributed by atoms with Crippen molar-refractivity contribution in [2.75, 3.05) is 41.4 Å². The van der Waals surface area contributed by atoms with Gasteiger partial charge in [-0.05, 0) is 31.5 Å². The first kappa shape index (κ1) is 20.6. The molecule has 1 aromatic carbocycles. The molecule has 7 heteroatoms. The lowest BCUT2D eigenvalue weighted by atomic mass is 9.80. The quantitative estimate of drug-likeness (QED) is 0.833. The van der Waals surface area contributed by atoms with Gasteiger partial charge in [0, 0.05) is 48.9 Å². The summed E-state index contributed by atoms with van der Waals surface area (Å²) in [5.41, 5.74) is 4.18. The molecule has 30 heavy (non-hydrogen) atoms. The van der Waals surface area contributed by atoms with Crippen LogP contribution in [0.1, 0.15) is 44.5 Å². The summed E-state index contributed by atoms with van der Waals surface area (Å²) in [6.07, 6.45) is 4.45. The van der Waals surface area contributed by atoms with Crippen LogP contribution in [-0.4, -0.2) is 48.2 Å². The van der Waals surface area contributed by atoms with E-state index in [9.17, 15) is 4.79 Å². The van der Waals surface area contributed by atoms with Gasteiger partial charge >= 0.3 is 0 Å². The van der Waals surface area contributed by atoms with Gasteiger partial charge in [0.1, 0.15) is 5.82 Å². The van der Waals surface area contributed by atoms with E-state index < -0.39 is 0 Å². The normalized spacial score (nSPS) is 23.8. The van der Waals surface area contributed by atoms with Gasteiger partial charge < -0.3 is 19.9 Å². The van der Waals surface area contributed by atoms with E-state index in [1.807, 2.05) is 11.8 Å². The van der Waals surface area contributed by atoms with Gasteiger partial charge in [-0.2, -0.15) is 0 Å². The zero-order valence-electron chi connectivity index (χ0n) is 18.3. The summed E-state index contributed by atoms with van der Waals surface area (Å²) in [4.78, 5) is 25.8. The number of amides is 1. The van der Waals surface area contributed by atoms with Crippen LogP contribution in [0.25, 0.3) is 0 Å². The largest absolute Gasteiger partial charge is 0.378 e. The van der Waals surface area contributed by atoms with Crippen molar-refractivity contribution in [3.63, 3.8) is 0 Å². The molecule has 3 atom stereocenters. The van der Waals surface area contributed by atoms with E-state index >= 15 is 0 Å². The summed E-state index contributed by atoms with van der Waals surface area (Å²) in [6.45, 7) is 11.2. The van der Waals surface area contributed by atoms with E-state index in [0.29, 0.717) is 0 Å². The summed E-state index contributed by atoms with van der Waals surface area (Å²) in [7, 11) is 0. The van der Waals surface area contributed by atoms with Gasteiger partial charge in [0.25, 0.3) is 0 Å². The van der Waals surface area contributed by atoms with Gasteiger partial charge in [0.15, 0.2) is 0 Å². The molecule has 3 heterocycles. The second-order valence-corrected chi connectivity index (χ2v) is 8.23. The van der Waals surface area contributed by atoms with Crippen LogP contribution in [0.5, 0.6) is 0 Å². The zero-order valence-corrected chi connectivity index (χ0v) is 18.3. The van der Waals surface area contributed by atoms with Crippen LogP contribution in [0.3, 0.4) is 0 Å². The van der Waals surface area contributed by atoms with Crippen LogP contribution in [0.4, 0.5) is 17.2 Å². The molecule has 2 aliphatic rings. The van der Waals surface area contributed by atoms with Crippen molar-refractivity contribution < 1.29 is 9.53 Å². The fraction of sp³-hybridized carbons (Fsp3) is 0.522. The molecule has 1 saturated heterocycles. The first-order valence-electron chi connectivity index (χ1n) is 10.8. The predicted octanol–water partition coefficient (Wildman–Crippen LogP) is 3.56. The number of ether oxygens (including phenoxy) is 1. The molecule has 1 amide bonds. The maximum atomic E-state index is 12.6. The van der Waals surface area contributed by atoms with Crippen molar-refractivity contribution in [3.05, 3.63) is 41.9 Å². The Balaban J connectivity index is 1.77. The van der Waals surface area contributed by atoms with Gasteiger partial charge in [-0.25, -0.2) is 4.98 Å². The fourth-order valence-electron chi connectivity index (χ4n) is 4.74. The Hall–Kier alpha value is -2.67. The number of benzene rings is 1. The van der Waals surface area contributed by atoms with Gasteiger partial charge in [0.2, 0.25) is 5.91 Å². The summed E-state index contributed by atoms with van der Waals surface area (Å²) >= 11 is 0. The monoisotopic (exact) mass is 409 g/mol. The minimum Gasteiger partial charge on any atom is -0.378 e. The molecular formula is C23H31N5O2. The highest BCUT2D eigenvalue weighted by molar-refractivity contribution is 5.94. The van der Waals surface area contributed by atoms with E-state index in [0.717, 1.165) is 55.5 Å². The van der Waals surface area contributed by atoms with Crippen molar-refractivity contribution in [1.82, 2.24) is 9.97 Å². The van der Waals surface area contributed by atoms with Crippen LogP contribution in [0.2, 0.25) is 0 Å².